The number of furan rings is 2. The van der Waals surface area contributed by atoms with Gasteiger partial charge in [-0.1, -0.05) is 109 Å². The van der Waals surface area contributed by atoms with Crippen LogP contribution in [-0.2, 0) is 0 Å². The van der Waals surface area contributed by atoms with Crippen LogP contribution in [-0.4, -0.2) is 9.13 Å². The lowest BCUT2D eigenvalue weighted by Crippen LogP contribution is -1.96. The monoisotopic (exact) mass is 714 g/mol. The maximum Gasteiger partial charge on any atom is 0.137 e. The van der Waals surface area contributed by atoms with Crippen LogP contribution in [0.2, 0.25) is 0 Å². The lowest BCUT2D eigenvalue weighted by molar-refractivity contribution is 0.668. The summed E-state index contributed by atoms with van der Waals surface area (Å²) in [7, 11) is 0. The maximum atomic E-state index is 6.43. The molecule has 0 aliphatic heterocycles. The van der Waals surface area contributed by atoms with Crippen LogP contribution in [0, 0.1) is 0 Å². The number of benzene rings is 9. The van der Waals surface area contributed by atoms with Crippen LogP contribution in [0.15, 0.2) is 191 Å². The highest BCUT2D eigenvalue weighted by Gasteiger charge is 2.23. The molecule has 0 saturated carbocycles. The summed E-state index contributed by atoms with van der Waals surface area (Å²) in [6, 6.07) is 65.4. The normalized spacial score (nSPS) is 12.3. The maximum absolute atomic E-state index is 6.43. The van der Waals surface area contributed by atoms with Crippen molar-refractivity contribution in [1.29, 1.82) is 0 Å². The Balaban J connectivity index is 1.14. The first kappa shape index (κ1) is 29.8. The van der Waals surface area contributed by atoms with Crippen LogP contribution in [0.4, 0.5) is 0 Å². The van der Waals surface area contributed by atoms with Gasteiger partial charge in [0.25, 0.3) is 0 Å². The minimum absolute atomic E-state index is 0.885. The van der Waals surface area contributed by atoms with Crippen molar-refractivity contribution in [3.63, 3.8) is 0 Å². The van der Waals surface area contributed by atoms with E-state index in [4.69, 9.17) is 8.83 Å². The van der Waals surface area contributed by atoms with Crippen LogP contribution >= 0.6 is 0 Å². The molecule has 0 saturated heterocycles. The van der Waals surface area contributed by atoms with E-state index in [0.717, 1.165) is 71.9 Å². The van der Waals surface area contributed by atoms with Crippen LogP contribution in [0.3, 0.4) is 0 Å². The zero-order valence-corrected chi connectivity index (χ0v) is 30.0. The fourth-order valence-corrected chi connectivity index (χ4v) is 9.56. The summed E-state index contributed by atoms with van der Waals surface area (Å²) < 4.78 is 17.6. The second-order valence-electron chi connectivity index (χ2n) is 14.8. The van der Waals surface area contributed by atoms with Crippen molar-refractivity contribution in [3.05, 3.63) is 182 Å². The van der Waals surface area contributed by atoms with Gasteiger partial charge in [-0.05, 0) is 94.7 Å². The van der Waals surface area contributed by atoms with Gasteiger partial charge in [-0.15, -0.1) is 0 Å². The molecule has 0 fully saturated rings. The van der Waals surface area contributed by atoms with Crippen molar-refractivity contribution in [2.24, 2.45) is 0 Å². The molecule has 0 aliphatic carbocycles. The van der Waals surface area contributed by atoms with E-state index in [1.165, 1.54) is 48.9 Å². The van der Waals surface area contributed by atoms with E-state index in [9.17, 15) is 0 Å². The smallest absolute Gasteiger partial charge is 0.137 e. The third-order valence-electron chi connectivity index (χ3n) is 11.9. The highest BCUT2D eigenvalue weighted by molar-refractivity contribution is 6.30. The summed E-state index contributed by atoms with van der Waals surface area (Å²) in [5.41, 5.74) is 12.8. The molecule has 4 nitrogen and oxygen atoms in total. The molecule has 13 aromatic rings. The molecule has 13 rings (SSSR count). The molecule has 4 heterocycles. The average molecular weight is 715 g/mol. The largest absolute Gasteiger partial charge is 0.456 e. The Kier molecular flexibility index (Phi) is 5.86. The Bertz CT molecular complexity index is 3780. The van der Waals surface area contributed by atoms with Crippen LogP contribution in [0.1, 0.15) is 0 Å². The Morgan fingerprint density at radius 2 is 0.911 bits per heavy atom. The van der Waals surface area contributed by atoms with Crippen molar-refractivity contribution in [1.82, 2.24) is 9.13 Å². The SMILES string of the molecule is c1cc(-c2cccc3oc4ccccc4c23)cc(-n2c3ccccc3c3c4c5cc6ccccc6cc5n(-c5cccc6oc7ccccc7c56)c4ccc32)c1. The molecule has 0 aliphatic rings. The van der Waals surface area contributed by atoms with Crippen LogP contribution < -0.4 is 0 Å². The zero-order chi connectivity index (χ0) is 36.5. The van der Waals surface area contributed by atoms with Gasteiger partial charge in [0.1, 0.15) is 22.3 Å². The lowest BCUT2D eigenvalue weighted by atomic mass is 9.99. The number of rotatable bonds is 3. The average Bonchev–Trinajstić information content (AvgIpc) is 4.00. The Labute approximate surface area is 319 Å². The third-order valence-corrected chi connectivity index (χ3v) is 11.9. The fraction of sp³-hybridized carbons (Fsp3) is 0. The van der Waals surface area contributed by atoms with E-state index in [1.54, 1.807) is 0 Å². The van der Waals surface area contributed by atoms with Gasteiger partial charge in [-0.3, -0.25) is 0 Å². The van der Waals surface area contributed by atoms with Gasteiger partial charge >= 0.3 is 0 Å². The van der Waals surface area contributed by atoms with E-state index in [0.29, 0.717) is 0 Å². The summed E-state index contributed by atoms with van der Waals surface area (Å²) in [5.74, 6) is 0. The standard InChI is InChI=1S/C52H30N2O2/c1-2-13-32-30-44-39(29-31(32)12-1)52-43(54(44)41-21-11-25-48-50(41)38-18-5-8-23-46(38)56-48)27-26-42-51(52)36-16-3-6-20-40(36)53(42)34-15-9-14-33(28-34)35-19-10-24-47-49(35)37-17-4-7-22-45(37)55-47/h1-30H. The molecule has 0 radical (unpaired) electrons. The highest BCUT2D eigenvalue weighted by Crippen LogP contribution is 2.46. The summed E-state index contributed by atoms with van der Waals surface area (Å²) in [6.45, 7) is 0. The molecule has 4 heteroatoms. The molecule has 56 heavy (non-hydrogen) atoms. The lowest BCUT2D eigenvalue weighted by Gasteiger charge is -2.12. The Hall–Kier alpha value is -7.56. The first-order valence-corrected chi connectivity index (χ1v) is 19.1. The summed E-state index contributed by atoms with van der Waals surface area (Å²) in [5, 5.41) is 11.9. The van der Waals surface area contributed by atoms with Crippen LogP contribution in [0.25, 0.3) is 121 Å². The molecular weight excluding hydrogens is 685 g/mol. The van der Waals surface area contributed by atoms with E-state index in [1.807, 2.05) is 18.2 Å². The van der Waals surface area contributed by atoms with Gasteiger partial charge in [0, 0.05) is 43.4 Å². The third kappa shape index (κ3) is 3.97. The number of para-hydroxylation sites is 3. The predicted octanol–water partition coefficient (Wildman–Crippen LogP) is 14.5. The molecule has 0 spiro atoms. The zero-order valence-electron chi connectivity index (χ0n) is 30.0. The number of fused-ring (bicyclic) bond motifs is 14. The van der Waals surface area contributed by atoms with Gasteiger partial charge in [0.15, 0.2) is 0 Å². The van der Waals surface area contributed by atoms with Crippen molar-refractivity contribution >= 4 is 98.3 Å². The minimum atomic E-state index is 0.885. The molecule has 260 valence electrons. The molecule has 0 amide bonds. The first-order chi connectivity index (χ1) is 27.8. The summed E-state index contributed by atoms with van der Waals surface area (Å²) in [4.78, 5) is 0. The van der Waals surface area contributed by atoms with Gasteiger partial charge < -0.3 is 18.0 Å². The van der Waals surface area contributed by atoms with Crippen molar-refractivity contribution in [3.8, 4) is 22.5 Å². The second kappa shape index (κ2) is 11.0. The predicted molar refractivity (Wildman–Crippen MR) is 233 cm³/mol. The molecule has 4 aromatic heterocycles. The van der Waals surface area contributed by atoms with Crippen molar-refractivity contribution in [2.75, 3.05) is 0 Å². The van der Waals surface area contributed by atoms with Gasteiger partial charge in [-0.25, -0.2) is 0 Å². The molecule has 9 aromatic carbocycles. The topological polar surface area (TPSA) is 36.1 Å². The highest BCUT2D eigenvalue weighted by atomic mass is 16.3. The second-order valence-corrected chi connectivity index (χ2v) is 14.8. The molecule has 0 N–H and O–H groups in total. The van der Waals surface area contributed by atoms with Crippen molar-refractivity contribution in [2.45, 2.75) is 0 Å². The Morgan fingerprint density at radius 3 is 1.71 bits per heavy atom. The molecule has 0 atom stereocenters. The van der Waals surface area contributed by atoms with Gasteiger partial charge in [-0.2, -0.15) is 0 Å². The molecule has 0 unspecified atom stereocenters. The first-order valence-electron chi connectivity index (χ1n) is 19.1. The molecule has 0 bridgehead atoms. The van der Waals surface area contributed by atoms with Crippen LogP contribution in [0.5, 0.6) is 0 Å². The van der Waals surface area contributed by atoms with E-state index < -0.39 is 0 Å². The van der Waals surface area contributed by atoms with Crippen molar-refractivity contribution < 1.29 is 8.83 Å². The quantitative estimate of drug-likeness (QED) is 0.183. The number of aromatic nitrogens is 2. The van der Waals surface area contributed by atoms with Gasteiger partial charge in [0.2, 0.25) is 0 Å². The van der Waals surface area contributed by atoms with E-state index >= 15 is 0 Å². The van der Waals surface area contributed by atoms with E-state index in [-0.39, 0.29) is 0 Å². The molecular formula is C52H30N2O2. The van der Waals surface area contributed by atoms with Gasteiger partial charge in [0.05, 0.1) is 33.1 Å². The minimum Gasteiger partial charge on any atom is -0.456 e. The summed E-state index contributed by atoms with van der Waals surface area (Å²) >= 11 is 0. The summed E-state index contributed by atoms with van der Waals surface area (Å²) in [6.07, 6.45) is 0. The number of hydrogen-bond acceptors (Lipinski definition) is 2. The van der Waals surface area contributed by atoms with E-state index in [2.05, 4.69) is 173 Å². The number of hydrogen-bond donors (Lipinski definition) is 0. The number of nitrogens with zero attached hydrogens (tertiary/aromatic N) is 2. The Morgan fingerprint density at radius 1 is 0.321 bits per heavy atom. The fourth-order valence-electron chi connectivity index (χ4n) is 9.56.